The van der Waals surface area contributed by atoms with E-state index in [0.29, 0.717) is 25.7 Å². The second kappa shape index (κ2) is 8.57. The van der Waals surface area contributed by atoms with Gasteiger partial charge in [-0.2, -0.15) is 0 Å². The van der Waals surface area contributed by atoms with Crippen LogP contribution in [0.15, 0.2) is 18.2 Å². The van der Waals surface area contributed by atoms with Crippen LogP contribution in [-0.2, 0) is 16.0 Å². The predicted octanol–water partition coefficient (Wildman–Crippen LogP) is 2.40. The van der Waals surface area contributed by atoms with E-state index in [9.17, 15) is 9.59 Å². The molecule has 0 unspecified atom stereocenters. The molecule has 0 aromatic heterocycles. The van der Waals surface area contributed by atoms with Gasteiger partial charge in [0, 0.05) is 18.5 Å². The lowest BCUT2D eigenvalue weighted by Crippen LogP contribution is -2.40. The predicted molar refractivity (Wildman–Crippen MR) is 89.4 cm³/mol. The zero-order valence-electron chi connectivity index (χ0n) is 14.2. The molecule has 0 bridgehead atoms. The number of hydrogen-bond acceptors (Lipinski definition) is 4. The largest absolute Gasteiger partial charge is 0.497 e. The van der Waals surface area contributed by atoms with Crippen molar-refractivity contribution >= 4 is 11.9 Å². The Kier molecular flexibility index (Phi) is 6.46. The van der Waals surface area contributed by atoms with E-state index in [-0.39, 0.29) is 11.9 Å². The molecule has 0 radical (unpaired) electrons. The van der Waals surface area contributed by atoms with Crippen LogP contribution in [0.3, 0.4) is 0 Å². The molecule has 1 aliphatic carbocycles. The summed E-state index contributed by atoms with van der Waals surface area (Å²) >= 11 is 0. The van der Waals surface area contributed by atoms with Gasteiger partial charge in [-0.25, -0.2) is 0 Å². The minimum atomic E-state index is -0.819. The number of rotatable bonds is 8. The van der Waals surface area contributed by atoms with Gasteiger partial charge in [-0.05, 0) is 37.3 Å². The molecular weight excluding hydrogens is 310 g/mol. The van der Waals surface area contributed by atoms with Gasteiger partial charge in [-0.15, -0.1) is 0 Å². The lowest BCUT2D eigenvalue weighted by atomic mass is 10.0. The van der Waals surface area contributed by atoms with Crippen molar-refractivity contribution in [3.63, 3.8) is 0 Å². The monoisotopic (exact) mass is 335 g/mol. The van der Waals surface area contributed by atoms with Gasteiger partial charge >= 0.3 is 5.97 Å². The molecule has 6 heteroatoms. The summed E-state index contributed by atoms with van der Waals surface area (Å²) in [5, 5.41) is 12.0. The normalized spacial score (nSPS) is 19.8. The summed E-state index contributed by atoms with van der Waals surface area (Å²) in [5.74, 6) is 0.128. The lowest BCUT2D eigenvalue weighted by molar-refractivity contribution is -0.142. The first-order valence-corrected chi connectivity index (χ1v) is 8.28. The van der Waals surface area contributed by atoms with Crippen LogP contribution in [-0.4, -0.2) is 37.2 Å². The topological polar surface area (TPSA) is 84.9 Å². The Morgan fingerprint density at radius 2 is 2.04 bits per heavy atom. The number of amides is 1. The first kappa shape index (κ1) is 18.1. The lowest BCUT2D eigenvalue weighted by Gasteiger charge is -2.17. The van der Waals surface area contributed by atoms with E-state index in [1.807, 2.05) is 18.2 Å². The molecule has 1 aromatic carbocycles. The van der Waals surface area contributed by atoms with Crippen LogP contribution in [0.2, 0.25) is 0 Å². The van der Waals surface area contributed by atoms with Crippen molar-refractivity contribution in [1.82, 2.24) is 5.32 Å². The number of nitrogens with one attached hydrogen (secondary N) is 1. The summed E-state index contributed by atoms with van der Waals surface area (Å²) in [6, 6.07) is 5.40. The molecule has 0 spiro atoms. The third-order valence-electron chi connectivity index (χ3n) is 4.52. The zero-order chi connectivity index (χ0) is 17.5. The quantitative estimate of drug-likeness (QED) is 0.762. The first-order chi connectivity index (χ1) is 11.5. The molecule has 0 aliphatic heterocycles. The van der Waals surface area contributed by atoms with Crippen molar-refractivity contribution in [2.45, 2.75) is 44.6 Å². The van der Waals surface area contributed by atoms with E-state index < -0.39 is 11.9 Å². The maximum Gasteiger partial charge on any atom is 0.308 e. The maximum absolute atomic E-state index is 12.1. The summed E-state index contributed by atoms with van der Waals surface area (Å²) in [6.45, 7) is 0. The van der Waals surface area contributed by atoms with Crippen molar-refractivity contribution in [2.75, 3.05) is 14.2 Å². The average molecular weight is 335 g/mol. The second-order valence-corrected chi connectivity index (χ2v) is 6.08. The van der Waals surface area contributed by atoms with E-state index in [2.05, 4.69) is 5.32 Å². The third kappa shape index (κ3) is 4.63. The molecule has 0 saturated heterocycles. The van der Waals surface area contributed by atoms with Crippen LogP contribution in [0.4, 0.5) is 0 Å². The third-order valence-corrected chi connectivity index (χ3v) is 4.52. The van der Waals surface area contributed by atoms with Gasteiger partial charge in [0.05, 0.1) is 20.1 Å². The Hall–Kier alpha value is -2.24. The maximum atomic E-state index is 12.1. The number of methoxy groups -OCH3 is 2. The van der Waals surface area contributed by atoms with Gasteiger partial charge in [0.25, 0.3) is 0 Å². The number of carbonyl (C=O) groups excluding carboxylic acids is 1. The van der Waals surface area contributed by atoms with Crippen molar-refractivity contribution in [2.24, 2.45) is 5.92 Å². The number of carboxylic acid groups (broad SMARTS) is 1. The molecule has 1 aromatic rings. The molecule has 2 rings (SSSR count). The fourth-order valence-corrected chi connectivity index (χ4v) is 3.21. The van der Waals surface area contributed by atoms with Crippen molar-refractivity contribution < 1.29 is 24.2 Å². The molecule has 1 aliphatic rings. The number of hydrogen-bond donors (Lipinski definition) is 2. The minimum Gasteiger partial charge on any atom is -0.497 e. The highest BCUT2D eigenvalue weighted by Gasteiger charge is 2.33. The van der Waals surface area contributed by atoms with Gasteiger partial charge in [-0.3, -0.25) is 9.59 Å². The van der Waals surface area contributed by atoms with Crippen molar-refractivity contribution in [3.05, 3.63) is 23.8 Å². The summed E-state index contributed by atoms with van der Waals surface area (Å²) in [4.78, 5) is 23.2. The summed E-state index contributed by atoms with van der Waals surface area (Å²) < 4.78 is 10.5. The number of ether oxygens (including phenoxy) is 2. The average Bonchev–Trinajstić information content (AvgIpc) is 3.03. The van der Waals surface area contributed by atoms with Gasteiger partial charge in [0.15, 0.2) is 0 Å². The Bertz CT molecular complexity index is 587. The fraction of sp³-hybridized carbons (Fsp3) is 0.556. The Morgan fingerprint density at radius 3 is 2.71 bits per heavy atom. The molecule has 2 N–H and O–H groups in total. The summed E-state index contributed by atoms with van der Waals surface area (Å²) in [6.07, 6.45) is 4.01. The summed E-state index contributed by atoms with van der Waals surface area (Å²) in [7, 11) is 3.21. The van der Waals surface area contributed by atoms with Crippen LogP contribution >= 0.6 is 0 Å². The Labute approximate surface area is 142 Å². The SMILES string of the molecule is COc1ccc(CCCC(=O)N[C@@H]2CCC[C@@H]2C(=O)O)c(OC)c1. The second-order valence-electron chi connectivity index (χ2n) is 6.08. The first-order valence-electron chi connectivity index (χ1n) is 8.28. The standard InChI is InChI=1S/C18H25NO5/c1-23-13-10-9-12(16(11-13)24-2)5-3-8-17(20)19-15-7-4-6-14(15)18(21)22/h9-11,14-15H,3-8H2,1-2H3,(H,19,20)(H,21,22)/t14-,15+/m0/s1. The molecule has 0 heterocycles. The van der Waals surface area contributed by atoms with E-state index in [1.54, 1.807) is 14.2 Å². The molecule has 24 heavy (non-hydrogen) atoms. The number of benzene rings is 1. The Balaban J connectivity index is 1.81. The van der Waals surface area contributed by atoms with E-state index in [1.165, 1.54) is 0 Å². The fourth-order valence-electron chi connectivity index (χ4n) is 3.21. The van der Waals surface area contributed by atoms with Crippen LogP contribution < -0.4 is 14.8 Å². The van der Waals surface area contributed by atoms with Gasteiger partial charge in [-0.1, -0.05) is 12.5 Å². The number of carbonyl (C=O) groups is 2. The van der Waals surface area contributed by atoms with Crippen molar-refractivity contribution in [1.29, 1.82) is 0 Å². The highest BCUT2D eigenvalue weighted by Crippen LogP contribution is 2.27. The van der Waals surface area contributed by atoms with E-state index in [4.69, 9.17) is 14.6 Å². The van der Waals surface area contributed by atoms with Crippen LogP contribution in [0.25, 0.3) is 0 Å². The van der Waals surface area contributed by atoms with E-state index in [0.717, 1.165) is 29.9 Å². The van der Waals surface area contributed by atoms with Gasteiger partial charge < -0.3 is 19.9 Å². The van der Waals surface area contributed by atoms with E-state index >= 15 is 0 Å². The Morgan fingerprint density at radius 1 is 1.25 bits per heavy atom. The highest BCUT2D eigenvalue weighted by atomic mass is 16.5. The molecule has 1 fully saturated rings. The molecular formula is C18H25NO5. The number of carboxylic acids is 1. The smallest absolute Gasteiger partial charge is 0.308 e. The number of aryl methyl sites for hydroxylation is 1. The zero-order valence-corrected chi connectivity index (χ0v) is 14.2. The number of aliphatic carboxylic acids is 1. The van der Waals surface area contributed by atoms with Crippen LogP contribution in [0.1, 0.15) is 37.7 Å². The molecule has 132 valence electrons. The molecule has 1 amide bonds. The van der Waals surface area contributed by atoms with Gasteiger partial charge in [0.1, 0.15) is 11.5 Å². The van der Waals surface area contributed by atoms with Gasteiger partial charge in [0.2, 0.25) is 5.91 Å². The molecule has 6 nitrogen and oxygen atoms in total. The van der Waals surface area contributed by atoms with Crippen molar-refractivity contribution in [3.8, 4) is 11.5 Å². The molecule has 2 atom stereocenters. The highest BCUT2D eigenvalue weighted by molar-refractivity contribution is 5.78. The van der Waals surface area contributed by atoms with Crippen LogP contribution in [0, 0.1) is 5.92 Å². The summed E-state index contributed by atoms with van der Waals surface area (Å²) in [5.41, 5.74) is 1.02. The van der Waals surface area contributed by atoms with Crippen LogP contribution in [0.5, 0.6) is 11.5 Å². The minimum absolute atomic E-state index is 0.0828. The molecule has 1 saturated carbocycles.